The highest BCUT2D eigenvalue weighted by Crippen LogP contribution is 2.30. The minimum atomic E-state index is -0.267. The van der Waals surface area contributed by atoms with Crippen LogP contribution in [0.4, 0.5) is 5.69 Å². The molecule has 0 aliphatic rings. The monoisotopic (exact) mass is 403 g/mol. The minimum absolute atomic E-state index is 0.0836. The number of aromatic nitrogens is 3. The molecule has 0 aliphatic heterocycles. The molecule has 1 amide bonds. The van der Waals surface area contributed by atoms with Gasteiger partial charge >= 0.3 is 0 Å². The first-order chi connectivity index (χ1) is 14.2. The van der Waals surface area contributed by atoms with Crippen LogP contribution in [0.15, 0.2) is 58.1 Å². The number of furan rings is 1. The number of hydrogen-bond acceptors (Lipinski definition) is 6. The smallest absolute Gasteiger partial charge is 0.234 e. The van der Waals surface area contributed by atoms with Gasteiger partial charge in [0.05, 0.1) is 5.75 Å². The molecule has 7 nitrogen and oxygen atoms in total. The topological polar surface area (TPSA) is 108 Å². The molecular formula is C21H17N5O2S. The summed E-state index contributed by atoms with van der Waals surface area (Å²) in [5.74, 6) is 0.580. The highest BCUT2D eigenvalue weighted by Gasteiger charge is 2.17. The molecule has 4 aromatic rings. The first kappa shape index (κ1) is 18.8. The summed E-state index contributed by atoms with van der Waals surface area (Å²) in [5, 5.41) is 20.3. The lowest BCUT2D eigenvalue weighted by Crippen LogP contribution is -2.14. The number of H-pyrrole nitrogens is 1. The van der Waals surface area contributed by atoms with Gasteiger partial charge in [-0.1, -0.05) is 55.1 Å². The molecule has 0 spiro atoms. The zero-order chi connectivity index (χ0) is 20.2. The average Bonchev–Trinajstić information content (AvgIpc) is 3.37. The lowest BCUT2D eigenvalue weighted by Gasteiger charge is -2.02. The normalized spacial score (nSPS) is 10.8. The molecule has 8 heteroatoms. The van der Waals surface area contributed by atoms with Gasteiger partial charge in [0.25, 0.3) is 0 Å². The summed E-state index contributed by atoms with van der Waals surface area (Å²) >= 11 is 1.21. The van der Waals surface area contributed by atoms with E-state index < -0.39 is 0 Å². The number of aryl methyl sites for hydroxylation is 1. The molecule has 0 radical (unpaired) electrons. The first-order valence-electron chi connectivity index (χ1n) is 9.04. The number of fused-ring (bicyclic) bond motifs is 1. The van der Waals surface area contributed by atoms with Gasteiger partial charge in [0.15, 0.2) is 5.82 Å². The van der Waals surface area contributed by atoms with E-state index in [1.54, 1.807) is 12.1 Å². The van der Waals surface area contributed by atoms with Crippen LogP contribution in [0.2, 0.25) is 0 Å². The van der Waals surface area contributed by atoms with Crippen LogP contribution in [-0.4, -0.2) is 26.8 Å². The van der Waals surface area contributed by atoms with Gasteiger partial charge in [-0.25, -0.2) is 4.98 Å². The van der Waals surface area contributed by atoms with Crippen molar-refractivity contribution in [3.05, 3.63) is 59.9 Å². The van der Waals surface area contributed by atoms with Gasteiger partial charge in [-0.05, 0) is 24.1 Å². The largest absolute Gasteiger partial charge is 0.443 e. The van der Waals surface area contributed by atoms with Crippen molar-refractivity contribution in [3.63, 3.8) is 0 Å². The maximum absolute atomic E-state index is 12.4. The lowest BCUT2D eigenvalue weighted by atomic mass is 10.1. The van der Waals surface area contributed by atoms with Crippen LogP contribution in [0, 0.1) is 11.3 Å². The van der Waals surface area contributed by atoms with Gasteiger partial charge in [0.2, 0.25) is 16.8 Å². The molecule has 144 valence electrons. The van der Waals surface area contributed by atoms with Gasteiger partial charge in [-0.15, -0.1) is 5.10 Å². The van der Waals surface area contributed by atoms with E-state index in [-0.39, 0.29) is 17.4 Å². The van der Waals surface area contributed by atoms with Crippen molar-refractivity contribution in [2.45, 2.75) is 18.5 Å². The molecule has 29 heavy (non-hydrogen) atoms. The number of nitriles is 1. The van der Waals surface area contributed by atoms with Gasteiger partial charge in [-0.3, -0.25) is 9.89 Å². The van der Waals surface area contributed by atoms with Crippen LogP contribution in [0.3, 0.4) is 0 Å². The Kier molecular flexibility index (Phi) is 5.31. The Morgan fingerprint density at radius 1 is 1.24 bits per heavy atom. The number of anilines is 1. The predicted octanol–water partition coefficient (Wildman–Crippen LogP) is 4.38. The zero-order valence-corrected chi connectivity index (χ0v) is 16.4. The number of benzene rings is 2. The highest BCUT2D eigenvalue weighted by molar-refractivity contribution is 7.99. The zero-order valence-electron chi connectivity index (χ0n) is 15.6. The van der Waals surface area contributed by atoms with Crippen LogP contribution in [-0.2, 0) is 11.2 Å². The summed E-state index contributed by atoms with van der Waals surface area (Å²) < 4.78 is 5.47. The molecular weight excluding hydrogens is 386 g/mol. The number of amides is 1. The maximum atomic E-state index is 12.4. The second-order valence-electron chi connectivity index (χ2n) is 6.27. The van der Waals surface area contributed by atoms with Gasteiger partial charge < -0.3 is 9.73 Å². The molecule has 0 saturated heterocycles. The van der Waals surface area contributed by atoms with Crippen LogP contribution >= 0.6 is 11.8 Å². The molecule has 2 heterocycles. The molecule has 2 aromatic carbocycles. The SMILES string of the molecule is CCc1ccc(-c2nc(SCC(=O)Nc3c(C#N)oc4ccccc34)n[nH]2)cc1. The molecule has 0 unspecified atom stereocenters. The van der Waals surface area contributed by atoms with Crippen molar-refractivity contribution in [2.24, 2.45) is 0 Å². The van der Waals surface area contributed by atoms with Crippen molar-refractivity contribution in [2.75, 3.05) is 11.1 Å². The van der Waals surface area contributed by atoms with E-state index in [0.717, 1.165) is 12.0 Å². The Labute approximate surface area is 171 Å². The quantitative estimate of drug-likeness (QED) is 0.463. The number of carbonyl (C=O) groups excluding carboxylic acids is 1. The van der Waals surface area contributed by atoms with Crippen LogP contribution in [0.5, 0.6) is 0 Å². The Morgan fingerprint density at radius 2 is 2.03 bits per heavy atom. The van der Waals surface area contributed by atoms with Crippen molar-refractivity contribution < 1.29 is 9.21 Å². The summed E-state index contributed by atoms with van der Waals surface area (Å²) in [7, 11) is 0. The third-order valence-electron chi connectivity index (χ3n) is 4.39. The third kappa shape index (κ3) is 4.00. The standard InChI is InChI=1S/C21H17N5O2S/c1-2-13-7-9-14(10-8-13)20-24-21(26-25-20)29-12-18(27)23-19-15-5-3-4-6-16(15)28-17(19)11-22/h3-10H,2,12H2,1H3,(H,23,27)(H,24,25,26). The van der Waals surface area contributed by atoms with Crippen molar-refractivity contribution in [3.8, 4) is 17.5 Å². The van der Waals surface area contributed by atoms with Crippen LogP contribution < -0.4 is 5.32 Å². The minimum Gasteiger partial charge on any atom is -0.443 e. The van der Waals surface area contributed by atoms with E-state index in [1.165, 1.54) is 17.3 Å². The van der Waals surface area contributed by atoms with E-state index in [2.05, 4.69) is 39.6 Å². The lowest BCUT2D eigenvalue weighted by molar-refractivity contribution is -0.113. The fourth-order valence-electron chi connectivity index (χ4n) is 2.89. The number of carbonyl (C=O) groups is 1. The summed E-state index contributed by atoms with van der Waals surface area (Å²) in [6.45, 7) is 2.11. The fourth-order valence-corrected chi connectivity index (χ4v) is 3.49. The Bertz CT molecular complexity index is 1200. The van der Waals surface area contributed by atoms with Gasteiger partial charge in [0, 0.05) is 10.9 Å². The summed E-state index contributed by atoms with van der Waals surface area (Å²) in [5.41, 5.74) is 3.14. The van der Waals surface area contributed by atoms with Gasteiger partial charge in [0.1, 0.15) is 17.3 Å². The summed E-state index contributed by atoms with van der Waals surface area (Å²) in [6.07, 6.45) is 0.979. The molecule has 0 atom stereocenters. The van der Waals surface area contributed by atoms with Crippen LogP contribution in [0.25, 0.3) is 22.4 Å². The molecule has 2 aromatic heterocycles. The summed E-state index contributed by atoms with van der Waals surface area (Å²) in [6, 6.07) is 17.3. The Balaban J connectivity index is 1.42. The molecule has 0 saturated carbocycles. The van der Waals surface area contributed by atoms with E-state index >= 15 is 0 Å². The summed E-state index contributed by atoms with van der Waals surface area (Å²) in [4.78, 5) is 16.8. The third-order valence-corrected chi connectivity index (χ3v) is 5.24. The van der Waals surface area contributed by atoms with Crippen molar-refractivity contribution in [1.82, 2.24) is 15.2 Å². The molecule has 2 N–H and O–H groups in total. The van der Waals surface area contributed by atoms with Crippen molar-refractivity contribution >= 4 is 34.3 Å². The van der Waals surface area contributed by atoms with E-state index in [1.807, 2.05) is 30.3 Å². The maximum Gasteiger partial charge on any atom is 0.234 e. The molecule has 0 bridgehead atoms. The number of aromatic amines is 1. The highest BCUT2D eigenvalue weighted by atomic mass is 32.2. The number of thioether (sulfide) groups is 1. The second-order valence-corrected chi connectivity index (χ2v) is 7.21. The predicted molar refractivity (Wildman–Crippen MR) is 111 cm³/mol. The number of rotatable bonds is 6. The first-order valence-corrected chi connectivity index (χ1v) is 10.0. The van der Waals surface area contributed by atoms with Crippen LogP contribution in [0.1, 0.15) is 18.2 Å². The Hall–Kier alpha value is -3.57. The van der Waals surface area contributed by atoms with E-state index in [0.29, 0.717) is 27.6 Å². The Morgan fingerprint density at radius 3 is 2.79 bits per heavy atom. The van der Waals surface area contributed by atoms with Gasteiger partial charge in [-0.2, -0.15) is 5.26 Å². The molecule has 0 aliphatic carbocycles. The number of para-hydroxylation sites is 1. The average molecular weight is 403 g/mol. The fraction of sp³-hybridized carbons (Fsp3) is 0.143. The number of hydrogen-bond donors (Lipinski definition) is 2. The van der Waals surface area contributed by atoms with E-state index in [9.17, 15) is 10.1 Å². The van der Waals surface area contributed by atoms with Crippen molar-refractivity contribution in [1.29, 1.82) is 5.26 Å². The van der Waals surface area contributed by atoms with E-state index in [4.69, 9.17) is 4.42 Å². The molecule has 0 fully saturated rings. The second kappa shape index (κ2) is 8.20. The number of nitrogens with one attached hydrogen (secondary N) is 2. The molecule has 4 rings (SSSR count). The number of nitrogens with zero attached hydrogens (tertiary/aromatic N) is 3.